The van der Waals surface area contributed by atoms with Gasteiger partial charge in [-0.15, -0.1) is 11.6 Å². The van der Waals surface area contributed by atoms with Gasteiger partial charge < -0.3 is 4.57 Å². The van der Waals surface area contributed by atoms with E-state index in [4.69, 9.17) is 21.8 Å². The summed E-state index contributed by atoms with van der Waals surface area (Å²) in [7, 11) is 0. The molecule has 3 nitrogen and oxygen atoms in total. The third-order valence-electron chi connectivity index (χ3n) is 4.39. The molecule has 0 saturated heterocycles. The minimum atomic E-state index is -0.134. The summed E-state index contributed by atoms with van der Waals surface area (Å²) >= 11 is 6.35. The molecule has 104 valence electrons. The minimum absolute atomic E-state index is 0.0707. The van der Waals surface area contributed by atoms with Crippen molar-refractivity contribution in [1.29, 1.82) is 5.26 Å². The van der Waals surface area contributed by atoms with Gasteiger partial charge in [0, 0.05) is 5.54 Å². The number of rotatable bonds is 2. The van der Waals surface area contributed by atoms with E-state index in [1.807, 2.05) is 25.1 Å². The lowest BCUT2D eigenvalue weighted by molar-refractivity contribution is 0.328. The van der Waals surface area contributed by atoms with Gasteiger partial charge in [-0.05, 0) is 44.9 Å². The Kier molecular flexibility index (Phi) is 3.22. The van der Waals surface area contributed by atoms with Crippen molar-refractivity contribution in [2.24, 2.45) is 0 Å². The Morgan fingerprint density at radius 3 is 2.70 bits per heavy atom. The lowest BCUT2D eigenvalue weighted by Gasteiger charge is -2.29. The molecule has 4 heteroatoms. The van der Waals surface area contributed by atoms with Crippen LogP contribution in [-0.2, 0) is 5.54 Å². The van der Waals surface area contributed by atoms with E-state index in [1.165, 1.54) is 12.8 Å². The van der Waals surface area contributed by atoms with Crippen molar-refractivity contribution in [1.82, 2.24) is 9.55 Å². The summed E-state index contributed by atoms with van der Waals surface area (Å²) in [5.74, 6) is 0.918. The van der Waals surface area contributed by atoms with E-state index in [1.54, 1.807) is 0 Å². The molecule has 0 aliphatic heterocycles. The van der Waals surface area contributed by atoms with Gasteiger partial charge in [0.15, 0.2) is 0 Å². The van der Waals surface area contributed by atoms with Gasteiger partial charge in [-0.25, -0.2) is 4.98 Å². The summed E-state index contributed by atoms with van der Waals surface area (Å²) in [6.45, 7) is 4.24. The summed E-state index contributed by atoms with van der Waals surface area (Å²) in [5, 5.41) is 8.99. The highest BCUT2D eigenvalue weighted by Gasteiger charge is 2.34. The number of fused-ring (bicyclic) bond motifs is 1. The SMILES string of the molecule is CC(Cl)c1nc2ccc(C#N)cc2n1C1(C)CCCC1. The second kappa shape index (κ2) is 4.79. The Bertz CT molecular complexity index is 688. The van der Waals surface area contributed by atoms with Crippen LogP contribution in [0.3, 0.4) is 0 Å². The lowest BCUT2D eigenvalue weighted by Crippen LogP contribution is -2.28. The van der Waals surface area contributed by atoms with Gasteiger partial charge >= 0.3 is 0 Å². The van der Waals surface area contributed by atoms with Crippen LogP contribution in [0.2, 0.25) is 0 Å². The van der Waals surface area contributed by atoms with Crippen molar-refractivity contribution in [3.63, 3.8) is 0 Å². The summed E-state index contributed by atoms with van der Waals surface area (Å²) in [5.41, 5.74) is 2.71. The quantitative estimate of drug-likeness (QED) is 0.763. The summed E-state index contributed by atoms with van der Waals surface area (Å²) in [6.07, 6.45) is 4.77. The Morgan fingerprint density at radius 2 is 2.10 bits per heavy atom. The first-order valence-electron chi connectivity index (χ1n) is 7.12. The maximum atomic E-state index is 9.13. The molecular formula is C16H18ClN3. The smallest absolute Gasteiger partial charge is 0.128 e. The van der Waals surface area contributed by atoms with E-state index in [9.17, 15) is 0 Å². The fourth-order valence-electron chi connectivity index (χ4n) is 3.36. The van der Waals surface area contributed by atoms with Crippen molar-refractivity contribution in [3.8, 4) is 6.07 Å². The first-order chi connectivity index (χ1) is 9.55. The van der Waals surface area contributed by atoms with Gasteiger partial charge in [0.25, 0.3) is 0 Å². The van der Waals surface area contributed by atoms with Gasteiger partial charge in [-0.1, -0.05) is 12.8 Å². The number of aromatic nitrogens is 2. The molecule has 0 N–H and O–H groups in total. The number of halogens is 1. The Hall–Kier alpha value is -1.53. The second-order valence-electron chi connectivity index (χ2n) is 5.94. The third kappa shape index (κ3) is 1.99. The van der Waals surface area contributed by atoms with E-state index >= 15 is 0 Å². The molecule has 1 aliphatic carbocycles. The Balaban J connectivity index is 2.30. The van der Waals surface area contributed by atoms with Crippen LogP contribution in [0.25, 0.3) is 11.0 Å². The van der Waals surface area contributed by atoms with E-state index in [0.717, 1.165) is 29.7 Å². The molecule has 1 aromatic heterocycles. The molecule has 0 amide bonds. The van der Waals surface area contributed by atoms with Gasteiger partial charge in [0.1, 0.15) is 5.82 Å². The monoisotopic (exact) mass is 287 g/mol. The molecule has 0 radical (unpaired) electrons. The van der Waals surface area contributed by atoms with Crippen LogP contribution in [0.4, 0.5) is 0 Å². The third-order valence-corrected chi connectivity index (χ3v) is 4.58. The molecule has 0 bridgehead atoms. The van der Waals surface area contributed by atoms with Crippen molar-refractivity contribution in [2.75, 3.05) is 0 Å². The predicted molar refractivity (Wildman–Crippen MR) is 80.8 cm³/mol. The lowest BCUT2D eigenvalue weighted by atomic mass is 9.99. The van der Waals surface area contributed by atoms with Crippen LogP contribution in [-0.4, -0.2) is 9.55 Å². The first kappa shape index (κ1) is 13.5. The molecule has 3 rings (SSSR count). The van der Waals surface area contributed by atoms with Crippen molar-refractivity contribution < 1.29 is 0 Å². The van der Waals surface area contributed by atoms with Crippen LogP contribution >= 0.6 is 11.6 Å². The maximum absolute atomic E-state index is 9.13. The number of hydrogen-bond acceptors (Lipinski definition) is 2. The number of nitriles is 1. The number of benzene rings is 1. The van der Waals surface area contributed by atoms with Crippen molar-refractivity contribution in [2.45, 2.75) is 50.4 Å². The zero-order valence-corrected chi connectivity index (χ0v) is 12.6. The first-order valence-corrected chi connectivity index (χ1v) is 7.56. The number of nitrogens with zero attached hydrogens (tertiary/aromatic N) is 3. The zero-order chi connectivity index (χ0) is 14.3. The zero-order valence-electron chi connectivity index (χ0n) is 11.9. The molecule has 20 heavy (non-hydrogen) atoms. The molecule has 1 heterocycles. The van der Waals surface area contributed by atoms with Gasteiger partial charge in [-0.2, -0.15) is 5.26 Å². The fraction of sp³-hybridized carbons (Fsp3) is 0.500. The molecule has 0 spiro atoms. The topological polar surface area (TPSA) is 41.6 Å². The number of alkyl halides is 1. The highest BCUT2D eigenvalue weighted by atomic mass is 35.5. The average molecular weight is 288 g/mol. The number of imidazole rings is 1. The van der Waals surface area contributed by atoms with Crippen molar-refractivity contribution in [3.05, 3.63) is 29.6 Å². The van der Waals surface area contributed by atoms with E-state index < -0.39 is 0 Å². The van der Waals surface area contributed by atoms with E-state index in [2.05, 4.69) is 17.6 Å². The molecule has 1 saturated carbocycles. The highest BCUT2D eigenvalue weighted by Crippen LogP contribution is 2.41. The van der Waals surface area contributed by atoms with Gasteiger partial charge in [0.05, 0.1) is 28.0 Å². The minimum Gasteiger partial charge on any atom is -0.321 e. The Labute approximate surface area is 124 Å². The van der Waals surface area contributed by atoms with Crippen LogP contribution in [0.15, 0.2) is 18.2 Å². The molecule has 1 aromatic carbocycles. The van der Waals surface area contributed by atoms with Crippen molar-refractivity contribution >= 4 is 22.6 Å². The van der Waals surface area contributed by atoms with Crippen LogP contribution in [0.1, 0.15) is 56.3 Å². The number of hydrogen-bond donors (Lipinski definition) is 0. The van der Waals surface area contributed by atoms with Gasteiger partial charge in [-0.3, -0.25) is 0 Å². The second-order valence-corrected chi connectivity index (χ2v) is 6.60. The van der Waals surface area contributed by atoms with Crippen LogP contribution in [0, 0.1) is 11.3 Å². The summed E-state index contributed by atoms with van der Waals surface area (Å²) < 4.78 is 2.29. The largest absolute Gasteiger partial charge is 0.321 e. The van der Waals surface area contributed by atoms with Crippen LogP contribution in [0.5, 0.6) is 0 Å². The summed E-state index contributed by atoms with van der Waals surface area (Å²) in [4.78, 5) is 4.70. The maximum Gasteiger partial charge on any atom is 0.128 e. The molecular weight excluding hydrogens is 270 g/mol. The molecule has 2 aromatic rings. The van der Waals surface area contributed by atoms with E-state index in [0.29, 0.717) is 5.56 Å². The predicted octanol–water partition coefficient (Wildman–Crippen LogP) is 4.50. The Morgan fingerprint density at radius 1 is 1.40 bits per heavy atom. The molecule has 1 fully saturated rings. The van der Waals surface area contributed by atoms with Crippen LogP contribution < -0.4 is 0 Å². The van der Waals surface area contributed by atoms with Gasteiger partial charge in [0.2, 0.25) is 0 Å². The standard InChI is InChI=1S/C16H18ClN3/c1-11(17)15-19-13-6-5-12(10-18)9-14(13)20(15)16(2)7-3-4-8-16/h5-6,9,11H,3-4,7-8H2,1-2H3. The molecule has 1 atom stereocenters. The van der Waals surface area contributed by atoms with E-state index in [-0.39, 0.29) is 10.9 Å². The normalized spacial score (nSPS) is 19.1. The summed E-state index contributed by atoms with van der Waals surface area (Å²) in [6, 6.07) is 7.89. The fourth-order valence-corrected chi connectivity index (χ4v) is 3.50. The highest BCUT2D eigenvalue weighted by molar-refractivity contribution is 6.20. The average Bonchev–Trinajstić information content (AvgIpc) is 3.02. The molecule has 1 unspecified atom stereocenters. The molecule has 1 aliphatic rings.